The molecule has 0 spiro atoms. The van der Waals surface area contributed by atoms with Gasteiger partial charge in [-0.3, -0.25) is 4.72 Å². The number of sulfonamides is 1. The average Bonchev–Trinajstić information content (AvgIpc) is 2.42. The Morgan fingerprint density at radius 2 is 1.70 bits per heavy atom. The van der Waals surface area contributed by atoms with Crippen LogP contribution in [-0.2, 0) is 10.0 Å². The Kier molecular flexibility index (Phi) is 3.68. The molecule has 0 atom stereocenters. The van der Waals surface area contributed by atoms with Gasteiger partial charge in [-0.2, -0.15) is 5.26 Å². The highest BCUT2D eigenvalue weighted by molar-refractivity contribution is 7.92. The van der Waals surface area contributed by atoms with Gasteiger partial charge < -0.3 is 0 Å². The maximum atomic E-state index is 13.4. The fourth-order valence-electron chi connectivity index (χ4n) is 1.48. The molecular formula is C13H8F2N2O2S. The zero-order chi connectivity index (χ0) is 14.8. The van der Waals surface area contributed by atoms with E-state index in [1.165, 1.54) is 24.3 Å². The van der Waals surface area contributed by atoms with Gasteiger partial charge in [0.15, 0.2) is 0 Å². The number of benzene rings is 2. The van der Waals surface area contributed by atoms with E-state index in [2.05, 4.69) is 0 Å². The molecule has 102 valence electrons. The number of halogens is 2. The van der Waals surface area contributed by atoms with Crippen molar-refractivity contribution in [3.8, 4) is 6.07 Å². The summed E-state index contributed by atoms with van der Waals surface area (Å²) in [6, 6.07) is 9.48. The van der Waals surface area contributed by atoms with Crippen LogP contribution in [-0.4, -0.2) is 8.42 Å². The van der Waals surface area contributed by atoms with Crippen molar-refractivity contribution in [2.24, 2.45) is 0 Å². The van der Waals surface area contributed by atoms with Gasteiger partial charge in [-0.15, -0.1) is 0 Å². The van der Waals surface area contributed by atoms with Crippen LogP contribution in [0.4, 0.5) is 14.5 Å². The second-order valence-corrected chi connectivity index (χ2v) is 5.55. The summed E-state index contributed by atoms with van der Waals surface area (Å²) in [5.41, 5.74) is -0.0485. The fourth-order valence-corrected chi connectivity index (χ4v) is 2.55. The standard InChI is InChI=1S/C13H8F2N2O2S/c14-10-3-6-13(12(15)7-10)17-20(18,19)11-4-1-9(8-16)2-5-11/h1-7,17H. The first-order valence-electron chi connectivity index (χ1n) is 5.40. The van der Waals surface area contributed by atoms with E-state index in [1.807, 2.05) is 10.8 Å². The van der Waals surface area contributed by atoms with Crippen LogP contribution in [0.3, 0.4) is 0 Å². The third kappa shape index (κ3) is 2.92. The first-order chi connectivity index (χ1) is 9.42. The largest absolute Gasteiger partial charge is 0.277 e. The molecule has 2 rings (SSSR count). The SMILES string of the molecule is N#Cc1ccc(S(=O)(=O)Nc2ccc(F)cc2F)cc1. The van der Waals surface area contributed by atoms with Gasteiger partial charge in [-0.05, 0) is 36.4 Å². The maximum Gasteiger partial charge on any atom is 0.261 e. The minimum absolute atomic E-state index is 0.125. The summed E-state index contributed by atoms with van der Waals surface area (Å²) in [5, 5.41) is 8.63. The zero-order valence-electron chi connectivity index (χ0n) is 9.97. The highest BCUT2D eigenvalue weighted by atomic mass is 32.2. The fraction of sp³-hybridized carbons (Fsp3) is 0. The summed E-state index contributed by atoms with van der Waals surface area (Å²) in [6.07, 6.45) is 0. The summed E-state index contributed by atoms with van der Waals surface area (Å²) in [6.45, 7) is 0. The highest BCUT2D eigenvalue weighted by Gasteiger charge is 2.16. The average molecular weight is 294 g/mol. The molecule has 0 aliphatic heterocycles. The van der Waals surface area contributed by atoms with Crippen LogP contribution in [0.25, 0.3) is 0 Å². The van der Waals surface area contributed by atoms with Crippen LogP contribution in [0.1, 0.15) is 5.56 Å². The molecule has 0 amide bonds. The van der Waals surface area contributed by atoms with Crippen molar-refractivity contribution >= 4 is 15.7 Å². The molecule has 0 aliphatic carbocycles. The van der Waals surface area contributed by atoms with Crippen LogP contribution < -0.4 is 4.72 Å². The first kappa shape index (κ1) is 14.0. The highest BCUT2D eigenvalue weighted by Crippen LogP contribution is 2.20. The number of anilines is 1. The zero-order valence-corrected chi connectivity index (χ0v) is 10.8. The van der Waals surface area contributed by atoms with Crippen molar-refractivity contribution < 1.29 is 17.2 Å². The molecule has 1 N–H and O–H groups in total. The van der Waals surface area contributed by atoms with E-state index in [0.29, 0.717) is 11.6 Å². The lowest BCUT2D eigenvalue weighted by molar-refractivity contribution is 0.583. The summed E-state index contributed by atoms with van der Waals surface area (Å²) in [4.78, 5) is -0.125. The van der Waals surface area contributed by atoms with Gasteiger partial charge in [0.25, 0.3) is 10.0 Å². The van der Waals surface area contributed by atoms with Gasteiger partial charge in [0, 0.05) is 6.07 Å². The van der Waals surface area contributed by atoms with Gasteiger partial charge >= 0.3 is 0 Å². The van der Waals surface area contributed by atoms with Crippen molar-refractivity contribution in [1.82, 2.24) is 0 Å². The third-order valence-corrected chi connectivity index (χ3v) is 3.85. The molecule has 0 bridgehead atoms. The maximum absolute atomic E-state index is 13.4. The van der Waals surface area contributed by atoms with E-state index in [0.717, 1.165) is 12.1 Å². The molecule has 0 saturated carbocycles. The Balaban J connectivity index is 2.33. The van der Waals surface area contributed by atoms with Crippen molar-refractivity contribution in [2.45, 2.75) is 4.90 Å². The molecule has 0 aliphatic rings. The predicted molar refractivity (Wildman–Crippen MR) is 68.3 cm³/mol. The second kappa shape index (κ2) is 5.27. The number of nitriles is 1. The number of hydrogen-bond acceptors (Lipinski definition) is 3. The van der Waals surface area contributed by atoms with Gasteiger partial charge in [0.2, 0.25) is 0 Å². The Morgan fingerprint density at radius 3 is 2.25 bits per heavy atom. The minimum Gasteiger partial charge on any atom is -0.277 e. The van der Waals surface area contributed by atoms with Gasteiger partial charge in [-0.25, -0.2) is 17.2 Å². The number of nitrogens with one attached hydrogen (secondary N) is 1. The van der Waals surface area contributed by atoms with Crippen molar-refractivity contribution in [3.05, 3.63) is 59.7 Å². The van der Waals surface area contributed by atoms with Gasteiger partial charge in [0.05, 0.1) is 22.2 Å². The minimum atomic E-state index is -4.00. The Labute approximate surface area is 114 Å². The number of rotatable bonds is 3. The smallest absolute Gasteiger partial charge is 0.261 e. The molecule has 0 heterocycles. The van der Waals surface area contributed by atoms with E-state index in [1.54, 1.807) is 0 Å². The molecule has 0 aromatic heterocycles. The molecule has 2 aromatic carbocycles. The summed E-state index contributed by atoms with van der Waals surface area (Å²) < 4.78 is 52.1. The van der Waals surface area contributed by atoms with Gasteiger partial charge in [-0.1, -0.05) is 0 Å². The van der Waals surface area contributed by atoms with Crippen molar-refractivity contribution in [1.29, 1.82) is 5.26 Å². The summed E-state index contributed by atoms with van der Waals surface area (Å²) in [5.74, 6) is -1.81. The molecule has 7 heteroatoms. The molecular weight excluding hydrogens is 286 g/mol. The Morgan fingerprint density at radius 1 is 1.05 bits per heavy atom. The molecule has 0 fully saturated rings. The molecule has 4 nitrogen and oxygen atoms in total. The second-order valence-electron chi connectivity index (χ2n) is 3.87. The van der Waals surface area contributed by atoms with E-state index in [-0.39, 0.29) is 10.6 Å². The van der Waals surface area contributed by atoms with E-state index >= 15 is 0 Å². The van der Waals surface area contributed by atoms with E-state index < -0.39 is 21.7 Å². The van der Waals surface area contributed by atoms with Crippen LogP contribution >= 0.6 is 0 Å². The number of nitrogens with zero attached hydrogens (tertiary/aromatic N) is 1. The predicted octanol–water partition coefficient (Wildman–Crippen LogP) is 2.64. The topological polar surface area (TPSA) is 70.0 Å². The van der Waals surface area contributed by atoms with Crippen LogP contribution in [0.2, 0.25) is 0 Å². The van der Waals surface area contributed by atoms with Crippen LogP contribution in [0.5, 0.6) is 0 Å². The summed E-state index contributed by atoms with van der Waals surface area (Å²) >= 11 is 0. The third-order valence-electron chi connectivity index (χ3n) is 2.47. The normalized spacial score (nSPS) is 10.8. The molecule has 0 radical (unpaired) electrons. The Hall–Kier alpha value is -2.46. The quantitative estimate of drug-likeness (QED) is 0.946. The lowest BCUT2D eigenvalue weighted by atomic mass is 10.2. The van der Waals surface area contributed by atoms with Crippen molar-refractivity contribution in [3.63, 3.8) is 0 Å². The van der Waals surface area contributed by atoms with Crippen LogP contribution in [0, 0.1) is 23.0 Å². The van der Waals surface area contributed by atoms with Gasteiger partial charge in [0.1, 0.15) is 11.6 Å². The first-order valence-corrected chi connectivity index (χ1v) is 6.89. The lowest BCUT2D eigenvalue weighted by Gasteiger charge is -2.08. The molecule has 0 saturated heterocycles. The number of hydrogen-bond donors (Lipinski definition) is 1. The Bertz CT molecular complexity index is 781. The van der Waals surface area contributed by atoms with Crippen LogP contribution in [0.15, 0.2) is 47.4 Å². The van der Waals surface area contributed by atoms with E-state index in [9.17, 15) is 17.2 Å². The lowest BCUT2D eigenvalue weighted by Crippen LogP contribution is -2.14. The molecule has 20 heavy (non-hydrogen) atoms. The molecule has 0 unspecified atom stereocenters. The molecule has 2 aromatic rings. The van der Waals surface area contributed by atoms with E-state index in [4.69, 9.17) is 5.26 Å². The monoisotopic (exact) mass is 294 g/mol. The summed E-state index contributed by atoms with van der Waals surface area (Å²) in [7, 11) is -4.00. The van der Waals surface area contributed by atoms with Crippen molar-refractivity contribution in [2.75, 3.05) is 4.72 Å².